The van der Waals surface area contributed by atoms with Crippen molar-refractivity contribution in [1.82, 2.24) is 10.2 Å². The normalized spacial score (nSPS) is 25.1. The molecule has 1 aromatic rings. The predicted molar refractivity (Wildman–Crippen MR) is 85.2 cm³/mol. The fraction of sp³-hybridized carbons (Fsp3) is 0.588. The maximum Gasteiger partial charge on any atom is 0.321 e. The van der Waals surface area contributed by atoms with Gasteiger partial charge in [-0.25, -0.2) is 4.79 Å². The molecule has 0 radical (unpaired) electrons. The molecule has 1 saturated carbocycles. The Kier molecular flexibility index (Phi) is 3.76. The maximum absolute atomic E-state index is 12.4. The van der Waals surface area contributed by atoms with E-state index in [2.05, 4.69) is 16.3 Å². The first-order chi connectivity index (χ1) is 10.8. The van der Waals surface area contributed by atoms with Crippen LogP contribution in [0.5, 0.6) is 0 Å². The smallest absolute Gasteiger partial charge is 0.321 e. The van der Waals surface area contributed by atoms with E-state index in [1.54, 1.807) is 0 Å². The van der Waals surface area contributed by atoms with Gasteiger partial charge in [0.25, 0.3) is 0 Å². The first-order valence-corrected chi connectivity index (χ1v) is 8.30. The molecule has 2 aliphatic heterocycles. The van der Waals surface area contributed by atoms with Gasteiger partial charge in [0.05, 0.1) is 12.7 Å². The van der Waals surface area contributed by atoms with Crippen LogP contribution in [0.1, 0.15) is 18.4 Å². The fourth-order valence-electron chi connectivity index (χ4n) is 3.48. The molecule has 1 atom stereocenters. The average Bonchev–Trinajstić information content (AvgIpc) is 3.32. The summed E-state index contributed by atoms with van der Waals surface area (Å²) in [5.41, 5.74) is 2.30. The number of carbonyl (C=O) groups is 1. The molecule has 0 bridgehead atoms. The molecule has 22 heavy (non-hydrogen) atoms. The summed E-state index contributed by atoms with van der Waals surface area (Å²) in [5, 5.41) is 3.05. The molecule has 0 unspecified atom stereocenters. The zero-order chi connectivity index (χ0) is 14.9. The Labute approximate surface area is 131 Å². The van der Waals surface area contributed by atoms with Gasteiger partial charge >= 0.3 is 6.03 Å². The molecule has 5 heteroatoms. The number of carbonyl (C=O) groups excluding carboxylic acids is 1. The molecule has 2 fully saturated rings. The number of fused-ring (bicyclic) bond motifs is 1. The number of nitrogens with one attached hydrogen (secondary N) is 1. The number of para-hydroxylation sites is 1. The van der Waals surface area contributed by atoms with Crippen LogP contribution >= 0.6 is 0 Å². The average molecular weight is 301 g/mol. The van der Waals surface area contributed by atoms with Gasteiger partial charge in [0, 0.05) is 37.9 Å². The number of nitrogens with zero attached hydrogens (tertiary/aromatic N) is 2. The van der Waals surface area contributed by atoms with Gasteiger partial charge < -0.3 is 10.1 Å². The van der Waals surface area contributed by atoms with Crippen LogP contribution in [0, 0.1) is 0 Å². The van der Waals surface area contributed by atoms with E-state index in [4.69, 9.17) is 4.74 Å². The third-order valence-corrected chi connectivity index (χ3v) is 4.85. The molecule has 4 rings (SSSR count). The second-order valence-electron chi connectivity index (χ2n) is 6.44. The SMILES string of the molecule is O=C(NC[C@H]1CN(C2CC2)CCO1)N1CCc2ccccc21. The van der Waals surface area contributed by atoms with Crippen molar-refractivity contribution in [2.45, 2.75) is 31.4 Å². The van der Waals surface area contributed by atoms with Crippen LogP contribution in [-0.2, 0) is 11.2 Å². The highest BCUT2D eigenvalue weighted by Crippen LogP contribution is 2.28. The molecule has 118 valence electrons. The summed E-state index contributed by atoms with van der Waals surface area (Å²) in [6.07, 6.45) is 3.71. The number of morpholine rings is 1. The number of amides is 2. The number of hydrogen-bond donors (Lipinski definition) is 1. The van der Waals surface area contributed by atoms with Gasteiger partial charge in [0.1, 0.15) is 0 Å². The van der Waals surface area contributed by atoms with Crippen molar-refractivity contribution in [3.63, 3.8) is 0 Å². The second-order valence-corrected chi connectivity index (χ2v) is 6.44. The molecule has 0 aromatic heterocycles. The van der Waals surface area contributed by atoms with Gasteiger partial charge in [-0.15, -0.1) is 0 Å². The van der Waals surface area contributed by atoms with Crippen LogP contribution in [0.3, 0.4) is 0 Å². The van der Waals surface area contributed by atoms with Crippen LogP contribution in [0.4, 0.5) is 10.5 Å². The van der Waals surface area contributed by atoms with Crippen molar-refractivity contribution in [2.75, 3.05) is 37.7 Å². The Bertz CT molecular complexity index is 559. The van der Waals surface area contributed by atoms with Gasteiger partial charge in [-0.05, 0) is 30.9 Å². The third-order valence-electron chi connectivity index (χ3n) is 4.85. The van der Waals surface area contributed by atoms with Gasteiger partial charge in [0.15, 0.2) is 0 Å². The number of anilines is 1. The zero-order valence-corrected chi connectivity index (χ0v) is 12.8. The Hall–Kier alpha value is -1.59. The van der Waals surface area contributed by atoms with E-state index >= 15 is 0 Å². The van der Waals surface area contributed by atoms with E-state index in [9.17, 15) is 4.79 Å². The molecule has 3 aliphatic rings. The largest absolute Gasteiger partial charge is 0.374 e. The number of benzene rings is 1. The van der Waals surface area contributed by atoms with Crippen LogP contribution < -0.4 is 10.2 Å². The molecule has 5 nitrogen and oxygen atoms in total. The molecule has 0 spiro atoms. The Morgan fingerprint density at radius 2 is 2.14 bits per heavy atom. The summed E-state index contributed by atoms with van der Waals surface area (Å²) in [5.74, 6) is 0. The minimum atomic E-state index is -0.00269. The van der Waals surface area contributed by atoms with E-state index in [0.29, 0.717) is 6.54 Å². The number of hydrogen-bond acceptors (Lipinski definition) is 3. The zero-order valence-electron chi connectivity index (χ0n) is 12.8. The minimum Gasteiger partial charge on any atom is -0.374 e. The molecular weight excluding hydrogens is 278 g/mol. The standard InChI is InChI=1S/C17H23N3O2/c21-17(20-8-7-13-3-1-2-4-16(13)20)18-11-15-12-19(9-10-22-15)14-5-6-14/h1-4,14-15H,5-12H2,(H,18,21)/t15-/m0/s1. The fourth-order valence-corrected chi connectivity index (χ4v) is 3.48. The summed E-state index contributed by atoms with van der Waals surface area (Å²) in [6, 6.07) is 8.91. The third kappa shape index (κ3) is 2.83. The van der Waals surface area contributed by atoms with Crippen LogP contribution in [0.25, 0.3) is 0 Å². The molecular formula is C17H23N3O2. The maximum atomic E-state index is 12.4. The quantitative estimate of drug-likeness (QED) is 0.923. The second kappa shape index (κ2) is 5.89. The Morgan fingerprint density at radius 3 is 3.00 bits per heavy atom. The van der Waals surface area contributed by atoms with Gasteiger partial charge in [-0.3, -0.25) is 9.80 Å². The summed E-state index contributed by atoms with van der Waals surface area (Å²) in [7, 11) is 0. The highest BCUT2D eigenvalue weighted by atomic mass is 16.5. The number of rotatable bonds is 3. The van der Waals surface area contributed by atoms with Crippen molar-refractivity contribution >= 4 is 11.7 Å². The lowest BCUT2D eigenvalue weighted by atomic mass is 10.2. The van der Waals surface area contributed by atoms with Crippen molar-refractivity contribution in [1.29, 1.82) is 0 Å². The summed E-state index contributed by atoms with van der Waals surface area (Å²) in [6.45, 7) is 4.13. The number of ether oxygens (including phenoxy) is 1. The van der Waals surface area contributed by atoms with Crippen molar-refractivity contribution in [3.05, 3.63) is 29.8 Å². The first kappa shape index (κ1) is 14.0. The van der Waals surface area contributed by atoms with E-state index in [-0.39, 0.29) is 12.1 Å². The summed E-state index contributed by atoms with van der Waals surface area (Å²) in [4.78, 5) is 16.8. The molecule has 2 amide bonds. The molecule has 1 N–H and O–H groups in total. The van der Waals surface area contributed by atoms with Crippen LogP contribution in [0.15, 0.2) is 24.3 Å². The first-order valence-electron chi connectivity index (χ1n) is 8.30. The van der Waals surface area contributed by atoms with Crippen molar-refractivity contribution in [3.8, 4) is 0 Å². The Morgan fingerprint density at radius 1 is 1.27 bits per heavy atom. The van der Waals surface area contributed by atoms with Crippen molar-refractivity contribution < 1.29 is 9.53 Å². The molecule has 1 aliphatic carbocycles. The van der Waals surface area contributed by atoms with Crippen molar-refractivity contribution in [2.24, 2.45) is 0 Å². The lowest BCUT2D eigenvalue weighted by molar-refractivity contribution is -0.0287. The van der Waals surface area contributed by atoms with Gasteiger partial charge in [0.2, 0.25) is 0 Å². The minimum absolute atomic E-state index is 0.00269. The molecule has 1 saturated heterocycles. The topological polar surface area (TPSA) is 44.8 Å². The summed E-state index contributed by atoms with van der Waals surface area (Å²) >= 11 is 0. The van der Waals surface area contributed by atoms with E-state index in [1.807, 2.05) is 23.1 Å². The number of urea groups is 1. The lowest BCUT2D eigenvalue weighted by Crippen LogP contribution is -2.50. The monoisotopic (exact) mass is 301 g/mol. The van der Waals surface area contributed by atoms with Gasteiger partial charge in [-0.2, -0.15) is 0 Å². The highest BCUT2D eigenvalue weighted by Gasteiger charge is 2.33. The predicted octanol–water partition coefficient (Wildman–Crippen LogP) is 1.62. The van der Waals surface area contributed by atoms with Gasteiger partial charge in [-0.1, -0.05) is 18.2 Å². The molecule has 2 heterocycles. The van der Waals surface area contributed by atoms with Crippen LogP contribution in [0.2, 0.25) is 0 Å². The Balaban J connectivity index is 1.31. The van der Waals surface area contributed by atoms with Crippen LogP contribution in [-0.4, -0.2) is 55.9 Å². The van der Waals surface area contributed by atoms with E-state index in [1.165, 1.54) is 18.4 Å². The van der Waals surface area contributed by atoms with E-state index in [0.717, 1.165) is 44.4 Å². The highest BCUT2D eigenvalue weighted by molar-refractivity contribution is 5.94. The summed E-state index contributed by atoms with van der Waals surface area (Å²) < 4.78 is 5.79. The molecule has 1 aromatic carbocycles. The lowest BCUT2D eigenvalue weighted by Gasteiger charge is -2.33. The van der Waals surface area contributed by atoms with E-state index < -0.39 is 0 Å².